The quantitative estimate of drug-likeness (QED) is 0.354. The van der Waals surface area contributed by atoms with Gasteiger partial charge in [-0.25, -0.2) is 4.79 Å². The second-order valence-electron chi connectivity index (χ2n) is 5.91. The fourth-order valence-corrected chi connectivity index (χ4v) is 2.72. The van der Waals surface area contributed by atoms with E-state index in [4.69, 9.17) is 4.74 Å². The van der Waals surface area contributed by atoms with Gasteiger partial charge in [0.25, 0.3) is 0 Å². The number of carbonyl (C=O) groups is 1. The Morgan fingerprint density at radius 2 is 1.70 bits per heavy atom. The van der Waals surface area contributed by atoms with Crippen LogP contribution in [0.2, 0.25) is 0 Å². The SMILES string of the molecule is C=C1C(=O)OC[C@H]1[C@@H](O)CCCCCCCCCCC. The summed E-state index contributed by atoms with van der Waals surface area (Å²) in [5.41, 5.74) is 0.438. The fourth-order valence-electron chi connectivity index (χ4n) is 2.72. The summed E-state index contributed by atoms with van der Waals surface area (Å²) in [7, 11) is 0. The Hall–Kier alpha value is -0.830. The minimum absolute atomic E-state index is 0.184. The molecule has 0 bridgehead atoms. The van der Waals surface area contributed by atoms with Gasteiger partial charge >= 0.3 is 5.97 Å². The predicted molar refractivity (Wildman–Crippen MR) is 81.4 cm³/mol. The van der Waals surface area contributed by atoms with Crippen LogP contribution in [0.3, 0.4) is 0 Å². The molecular weight excluding hydrogens is 252 g/mol. The molecule has 1 rings (SSSR count). The van der Waals surface area contributed by atoms with Crippen LogP contribution in [-0.4, -0.2) is 23.8 Å². The van der Waals surface area contributed by atoms with Gasteiger partial charge in [-0.3, -0.25) is 0 Å². The lowest BCUT2D eigenvalue weighted by Gasteiger charge is -2.15. The lowest BCUT2D eigenvalue weighted by atomic mass is 9.93. The van der Waals surface area contributed by atoms with E-state index in [1.54, 1.807) is 0 Å². The fraction of sp³-hybridized carbons (Fsp3) is 0.824. The third-order valence-corrected chi connectivity index (χ3v) is 4.17. The summed E-state index contributed by atoms with van der Waals surface area (Å²) in [5, 5.41) is 10.0. The standard InChI is InChI=1S/C17H30O3/c1-3-4-5-6-7-8-9-10-11-12-16(18)15-13-20-17(19)14(15)2/h15-16,18H,2-13H2,1H3/t15-,16+/m1/s1. The van der Waals surface area contributed by atoms with Gasteiger partial charge in [0.15, 0.2) is 0 Å². The summed E-state index contributed by atoms with van der Waals surface area (Å²) in [4.78, 5) is 11.2. The van der Waals surface area contributed by atoms with Crippen molar-refractivity contribution in [2.24, 2.45) is 5.92 Å². The van der Waals surface area contributed by atoms with Crippen molar-refractivity contribution in [1.29, 1.82) is 0 Å². The second kappa shape index (κ2) is 9.98. The minimum Gasteiger partial charge on any atom is -0.462 e. The molecule has 1 heterocycles. The van der Waals surface area contributed by atoms with Crippen LogP contribution in [0.25, 0.3) is 0 Å². The molecule has 2 atom stereocenters. The van der Waals surface area contributed by atoms with E-state index in [-0.39, 0.29) is 11.9 Å². The molecule has 0 aliphatic carbocycles. The first-order valence-corrected chi connectivity index (χ1v) is 8.20. The molecule has 0 aromatic rings. The van der Waals surface area contributed by atoms with E-state index in [9.17, 15) is 9.90 Å². The van der Waals surface area contributed by atoms with Gasteiger partial charge in [0.1, 0.15) is 6.61 Å². The highest BCUT2D eigenvalue weighted by Crippen LogP contribution is 2.25. The largest absolute Gasteiger partial charge is 0.462 e. The van der Waals surface area contributed by atoms with Crippen LogP contribution in [0.4, 0.5) is 0 Å². The average Bonchev–Trinajstić information content (AvgIpc) is 2.77. The van der Waals surface area contributed by atoms with Crippen LogP contribution in [0, 0.1) is 5.92 Å². The molecule has 0 saturated carbocycles. The number of unbranched alkanes of at least 4 members (excludes halogenated alkanes) is 8. The van der Waals surface area contributed by atoms with Crippen LogP contribution in [0.1, 0.15) is 71.1 Å². The Kier molecular flexibility index (Phi) is 8.59. The third kappa shape index (κ3) is 6.08. The van der Waals surface area contributed by atoms with Crippen molar-refractivity contribution in [3.63, 3.8) is 0 Å². The van der Waals surface area contributed by atoms with E-state index < -0.39 is 6.10 Å². The molecule has 0 amide bonds. The van der Waals surface area contributed by atoms with Crippen LogP contribution < -0.4 is 0 Å². The molecule has 20 heavy (non-hydrogen) atoms. The number of carbonyl (C=O) groups excluding carboxylic acids is 1. The molecule has 1 aliphatic heterocycles. The van der Waals surface area contributed by atoms with Crippen molar-refractivity contribution in [2.45, 2.75) is 77.2 Å². The van der Waals surface area contributed by atoms with Gasteiger partial charge in [0.05, 0.1) is 12.0 Å². The van der Waals surface area contributed by atoms with E-state index in [0.29, 0.717) is 12.2 Å². The summed E-state index contributed by atoms with van der Waals surface area (Å²) in [6, 6.07) is 0. The first-order valence-electron chi connectivity index (χ1n) is 8.20. The van der Waals surface area contributed by atoms with Crippen molar-refractivity contribution in [3.05, 3.63) is 12.2 Å². The Morgan fingerprint density at radius 3 is 2.20 bits per heavy atom. The van der Waals surface area contributed by atoms with Crippen molar-refractivity contribution in [2.75, 3.05) is 6.61 Å². The van der Waals surface area contributed by atoms with E-state index in [0.717, 1.165) is 12.8 Å². The smallest absolute Gasteiger partial charge is 0.333 e. The van der Waals surface area contributed by atoms with Gasteiger partial charge in [-0.1, -0.05) is 71.3 Å². The molecule has 116 valence electrons. The lowest BCUT2D eigenvalue weighted by Crippen LogP contribution is -2.22. The summed E-state index contributed by atoms with van der Waals surface area (Å²) >= 11 is 0. The summed E-state index contributed by atoms with van der Waals surface area (Å²) in [6.07, 6.45) is 11.7. The molecule has 3 heteroatoms. The zero-order valence-corrected chi connectivity index (χ0v) is 12.9. The molecule has 1 fully saturated rings. The van der Waals surface area contributed by atoms with E-state index in [1.165, 1.54) is 51.4 Å². The highest BCUT2D eigenvalue weighted by Gasteiger charge is 2.33. The highest BCUT2D eigenvalue weighted by molar-refractivity contribution is 5.90. The van der Waals surface area contributed by atoms with Crippen LogP contribution in [0.5, 0.6) is 0 Å². The molecule has 0 aromatic carbocycles. The zero-order valence-electron chi connectivity index (χ0n) is 12.9. The van der Waals surface area contributed by atoms with Gasteiger partial charge in [-0.2, -0.15) is 0 Å². The molecule has 1 saturated heterocycles. The first-order chi connectivity index (χ1) is 9.66. The number of hydrogen-bond donors (Lipinski definition) is 1. The zero-order chi connectivity index (χ0) is 14.8. The minimum atomic E-state index is -0.474. The van der Waals surface area contributed by atoms with Crippen molar-refractivity contribution < 1.29 is 14.6 Å². The maximum atomic E-state index is 11.2. The highest BCUT2D eigenvalue weighted by atomic mass is 16.5. The number of hydrogen-bond acceptors (Lipinski definition) is 3. The first kappa shape index (κ1) is 17.2. The maximum Gasteiger partial charge on any atom is 0.333 e. The molecular formula is C17H30O3. The van der Waals surface area contributed by atoms with Crippen LogP contribution in [-0.2, 0) is 9.53 Å². The summed E-state index contributed by atoms with van der Waals surface area (Å²) < 4.78 is 4.89. The maximum absolute atomic E-state index is 11.2. The monoisotopic (exact) mass is 282 g/mol. The van der Waals surface area contributed by atoms with Gasteiger partial charge in [0.2, 0.25) is 0 Å². The summed E-state index contributed by atoms with van der Waals surface area (Å²) in [5.74, 6) is -0.530. The Bertz CT molecular complexity index is 299. The average molecular weight is 282 g/mol. The third-order valence-electron chi connectivity index (χ3n) is 4.17. The van der Waals surface area contributed by atoms with Gasteiger partial charge in [0, 0.05) is 5.57 Å². The van der Waals surface area contributed by atoms with Crippen LogP contribution >= 0.6 is 0 Å². The van der Waals surface area contributed by atoms with Crippen molar-refractivity contribution in [3.8, 4) is 0 Å². The summed E-state index contributed by atoms with van der Waals surface area (Å²) in [6.45, 7) is 6.24. The predicted octanol–water partition coefficient (Wildman–Crippen LogP) is 4.00. The Labute approximate surface area is 123 Å². The number of aliphatic hydroxyl groups excluding tert-OH is 1. The second-order valence-corrected chi connectivity index (χ2v) is 5.91. The van der Waals surface area contributed by atoms with Crippen LogP contribution in [0.15, 0.2) is 12.2 Å². The normalized spacial score (nSPS) is 20.2. The van der Waals surface area contributed by atoms with E-state index in [2.05, 4.69) is 13.5 Å². The van der Waals surface area contributed by atoms with Gasteiger partial charge in [-0.15, -0.1) is 0 Å². The van der Waals surface area contributed by atoms with E-state index in [1.807, 2.05) is 0 Å². The number of ether oxygens (including phenoxy) is 1. The number of cyclic esters (lactones) is 1. The lowest BCUT2D eigenvalue weighted by molar-refractivity contribution is -0.135. The molecule has 0 unspecified atom stereocenters. The Morgan fingerprint density at radius 1 is 1.15 bits per heavy atom. The van der Waals surface area contributed by atoms with Gasteiger partial charge in [-0.05, 0) is 6.42 Å². The van der Waals surface area contributed by atoms with Crippen molar-refractivity contribution >= 4 is 5.97 Å². The topological polar surface area (TPSA) is 46.5 Å². The molecule has 0 aromatic heterocycles. The molecule has 1 N–H and O–H groups in total. The molecule has 1 aliphatic rings. The number of aliphatic hydroxyl groups is 1. The molecule has 3 nitrogen and oxygen atoms in total. The van der Waals surface area contributed by atoms with Gasteiger partial charge < -0.3 is 9.84 Å². The number of esters is 1. The molecule has 0 radical (unpaired) electrons. The molecule has 0 spiro atoms. The number of rotatable bonds is 11. The van der Waals surface area contributed by atoms with Crippen molar-refractivity contribution in [1.82, 2.24) is 0 Å². The van der Waals surface area contributed by atoms with E-state index >= 15 is 0 Å². The Balaban J connectivity index is 1.96.